The third-order valence-corrected chi connectivity index (χ3v) is 3.70. The summed E-state index contributed by atoms with van der Waals surface area (Å²) < 4.78 is 5.13. The molecule has 1 rings (SSSR count). The molecule has 120 valence electrons. The van der Waals surface area contributed by atoms with Gasteiger partial charge in [-0.25, -0.2) is 4.79 Å². The molecule has 1 heterocycles. The largest absolute Gasteiger partial charge is 0.361 e. The van der Waals surface area contributed by atoms with E-state index in [1.54, 1.807) is 0 Å². The van der Waals surface area contributed by atoms with Gasteiger partial charge in [-0.3, -0.25) is 0 Å². The summed E-state index contributed by atoms with van der Waals surface area (Å²) in [7, 11) is 2.05. The lowest BCUT2D eigenvalue weighted by Crippen LogP contribution is -2.44. The minimum atomic E-state index is -0.133. The second-order valence-corrected chi connectivity index (χ2v) is 5.88. The van der Waals surface area contributed by atoms with Crippen molar-refractivity contribution in [2.24, 2.45) is 0 Å². The van der Waals surface area contributed by atoms with E-state index in [9.17, 15) is 4.79 Å². The van der Waals surface area contributed by atoms with Crippen LogP contribution in [-0.2, 0) is 6.42 Å². The predicted molar refractivity (Wildman–Crippen MR) is 83.4 cm³/mol. The molecule has 0 fully saturated rings. The Balaban J connectivity index is 2.31. The SMILES string of the molecule is Cc1noc(C)c1C[C@H](C)NC(=O)NCCN(C)C(C)C. The molecule has 0 radical (unpaired) electrons. The van der Waals surface area contributed by atoms with E-state index in [-0.39, 0.29) is 12.1 Å². The lowest BCUT2D eigenvalue weighted by atomic mass is 10.1. The second kappa shape index (κ2) is 8.02. The van der Waals surface area contributed by atoms with Crippen molar-refractivity contribution in [1.82, 2.24) is 20.7 Å². The van der Waals surface area contributed by atoms with Crippen LogP contribution in [0.5, 0.6) is 0 Å². The number of rotatable bonds is 7. The average molecular weight is 296 g/mol. The first-order valence-electron chi connectivity index (χ1n) is 7.47. The van der Waals surface area contributed by atoms with Crippen LogP contribution in [0.4, 0.5) is 4.79 Å². The van der Waals surface area contributed by atoms with Crippen LogP contribution in [0.15, 0.2) is 4.52 Å². The van der Waals surface area contributed by atoms with Gasteiger partial charge in [-0.05, 0) is 48.1 Å². The molecule has 1 atom stereocenters. The highest BCUT2D eigenvalue weighted by Crippen LogP contribution is 2.14. The van der Waals surface area contributed by atoms with Gasteiger partial charge in [0.2, 0.25) is 0 Å². The van der Waals surface area contributed by atoms with Crippen molar-refractivity contribution >= 4 is 6.03 Å². The molecule has 0 aliphatic rings. The molecular weight excluding hydrogens is 268 g/mol. The third-order valence-electron chi connectivity index (χ3n) is 3.70. The number of hydrogen-bond donors (Lipinski definition) is 2. The van der Waals surface area contributed by atoms with Crippen molar-refractivity contribution in [3.8, 4) is 0 Å². The molecule has 2 N–H and O–H groups in total. The van der Waals surface area contributed by atoms with Crippen LogP contribution in [0.25, 0.3) is 0 Å². The Labute approximate surface area is 127 Å². The molecule has 0 saturated carbocycles. The maximum atomic E-state index is 11.8. The number of amides is 2. The Morgan fingerprint density at radius 1 is 1.33 bits per heavy atom. The van der Waals surface area contributed by atoms with Gasteiger partial charge in [0, 0.05) is 30.7 Å². The highest BCUT2D eigenvalue weighted by molar-refractivity contribution is 5.74. The van der Waals surface area contributed by atoms with Crippen LogP contribution in [0.3, 0.4) is 0 Å². The van der Waals surface area contributed by atoms with Crippen LogP contribution in [-0.4, -0.2) is 48.3 Å². The smallest absolute Gasteiger partial charge is 0.315 e. The number of aryl methyl sites for hydroxylation is 2. The predicted octanol–water partition coefficient (Wildman–Crippen LogP) is 1.86. The van der Waals surface area contributed by atoms with E-state index in [0.29, 0.717) is 12.6 Å². The number of aromatic nitrogens is 1. The molecule has 1 aromatic heterocycles. The van der Waals surface area contributed by atoms with Crippen LogP contribution in [0.2, 0.25) is 0 Å². The van der Waals surface area contributed by atoms with E-state index in [4.69, 9.17) is 4.52 Å². The summed E-state index contributed by atoms with van der Waals surface area (Å²) in [4.78, 5) is 14.0. The van der Waals surface area contributed by atoms with Gasteiger partial charge in [0.1, 0.15) is 5.76 Å². The number of urea groups is 1. The number of nitrogens with zero attached hydrogens (tertiary/aromatic N) is 2. The van der Waals surface area contributed by atoms with Crippen LogP contribution >= 0.6 is 0 Å². The molecule has 0 bridgehead atoms. The summed E-state index contributed by atoms with van der Waals surface area (Å²) in [5.74, 6) is 0.820. The summed E-state index contributed by atoms with van der Waals surface area (Å²) in [5.41, 5.74) is 1.96. The molecule has 0 saturated heterocycles. The normalized spacial score (nSPS) is 12.8. The fraction of sp³-hybridized carbons (Fsp3) is 0.733. The van der Waals surface area contributed by atoms with Crippen molar-refractivity contribution < 1.29 is 9.32 Å². The first-order valence-corrected chi connectivity index (χ1v) is 7.47. The van der Waals surface area contributed by atoms with Gasteiger partial charge in [0.15, 0.2) is 0 Å². The average Bonchev–Trinajstić information content (AvgIpc) is 2.70. The number of carbonyl (C=O) groups is 1. The van der Waals surface area contributed by atoms with Gasteiger partial charge >= 0.3 is 6.03 Å². The standard InChI is InChI=1S/C15H28N4O2/c1-10(2)19(6)8-7-16-15(20)17-11(3)9-14-12(4)18-21-13(14)5/h10-11H,7-9H2,1-6H3,(H2,16,17,20)/t11-/m0/s1. The van der Waals surface area contributed by atoms with E-state index in [1.165, 1.54) is 0 Å². The fourth-order valence-corrected chi connectivity index (χ4v) is 2.03. The van der Waals surface area contributed by atoms with Crippen molar-refractivity contribution in [2.45, 2.75) is 53.1 Å². The molecule has 6 heteroatoms. The van der Waals surface area contributed by atoms with E-state index >= 15 is 0 Å². The Morgan fingerprint density at radius 3 is 2.52 bits per heavy atom. The highest BCUT2D eigenvalue weighted by atomic mass is 16.5. The summed E-state index contributed by atoms with van der Waals surface area (Å²) in [6.45, 7) is 11.5. The van der Waals surface area contributed by atoms with Crippen LogP contribution in [0.1, 0.15) is 37.8 Å². The Hall–Kier alpha value is -1.56. The molecule has 21 heavy (non-hydrogen) atoms. The molecule has 0 aromatic carbocycles. The molecule has 0 aliphatic heterocycles. The lowest BCUT2D eigenvalue weighted by Gasteiger charge is -2.21. The quantitative estimate of drug-likeness (QED) is 0.806. The van der Waals surface area contributed by atoms with Crippen molar-refractivity contribution in [3.63, 3.8) is 0 Å². The highest BCUT2D eigenvalue weighted by Gasteiger charge is 2.14. The zero-order valence-corrected chi connectivity index (χ0v) is 14.0. The molecule has 0 spiro atoms. The summed E-state index contributed by atoms with van der Waals surface area (Å²) in [6, 6.07) is 0.379. The van der Waals surface area contributed by atoms with Gasteiger partial charge in [-0.1, -0.05) is 5.16 Å². The number of likely N-dealkylation sites (N-methyl/N-ethyl adjacent to an activating group) is 1. The Kier molecular flexibility index (Phi) is 6.68. The van der Waals surface area contributed by atoms with E-state index < -0.39 is 0 Å². The van der Waals surface area contributed by atoms with Crippen LogP contribution in [0, 0.1) is 13.8 Å². The number of nitrogens with one attached hydrogen (secondary N) is 2. The maximum Gasteiger partial charge on any atom is 0.315 e. The maximum absolute atomic E-state index is 11.8. The van der Waals surface area contributed by atoms with Gasteiger partial charge in [-0.2, -0.15) is 0 Å². The monoisotopic (exact) mass is 296 g/mol. The second-order valence-electron chi connectivity index (χ2n) is 5.88. The Bertz CT molecular complexity index is 437. The zero-order valence-electron chi connectivity index (χ0n) is 14.0. The van der Waals surface area contributed by atoms with Gasteiger partial charge in [-0.15, -0.1) is 0 Å². The number of hydrogen-bond acceptors (Lipinski definition) is 4. The molecule has 6 nitrogen and oxygen atoms in total. The first-order chi connectivity index (χ1) is 9.81. The van der Waals surface area contributed by atoms with Gasteiger partial charge < -0.3 is 20.1 Å². The molecule has 2 amide bonds. The minimum absolute atomic E-state index is 0.0321. The Morgan fingerprint density at radius 2 is 2.00 bits per heavy atom. The fourth-order valence-electron chi connectivity index (χ4n) is 2.03. The summed E-state index contributed by atoms with van der Waals surface area (Å²) >= 11 is 0. The summed E-state index contributed by atoms with van der Waals surface area (Å²) in [6.07, 6.45) is 0.723. The number of carbonyl (C=O) groups excluding carboxylic acids is 1. The van der Waals surface area contributed by atoms with Gasteiger partial charge in [0.05, 0.1) is 5.69 Å². The van der Waals surface area contributed by atoms with Crippen molar-refractivity contribution in [3.05, 3.63) is 17.0 Å². The molecule has 0 unspecified atom stereocenters. The van der Waals surface area contributed by atoms with Crippen LogP contribution < -0.4 is 10.6 Å². The topological polar surface area (TPSA) is 70.4 Å². The minimum Gasteiger partial charge on any atom is -0.361 e. The summed E-state index contributed by atoms with van der Waals surface area (Å²) in [5, 5.41) is 9.74. The third kappa shape index (κ3) is 5.75. The molecule has 0 aliphatic carbocycles. The first kappa shape index (κ1) is 17.5. The van der Waals surface area contributed by atoms with Crippen molar-refractivity contribution in [1.29, 1.82) is 0 Å². The molecular formula is C15H28N4O2. The van der Waals surface area contributed by atoms with Crippen molar-refractivity contribution in [2.75, 3.05) is 20.1 Å². The van der Waals surface area contributed by atoms with Gasteiger partial charge in [0.25, 0.3) is 0 Å². The lowest BCUT2D eigenvalue weighted by molar-refractivity contribution is 0.231. The van der Waals surface area contributed by atoms with E-state index in [0.717, 1.165) is 30.0 Å². The van der Waals surface area contributed by atoms with E-state index in [1.807, 2.05) is 27.8 Å². The van der Waals surface area contributed by atoms with E-state index in [2.05, 4.69) is 34.5 Å². The molecule has 1 aromatic rings. The zero-order chi connectivity index (χ0) is 16.0.